The molecule has 0 aromatic heterocycles. The van der Waals surface area contributed by atoms with Crippen LogP contribution in [0.3, 0.4) is 0 Å². The van der Waals surface area contributed by atoms with Crippen LogP contribution in [0.25, 0.3) is 0 Å². The van der Waals surface area contributed by atoms with Crippen LogP contribution in [-0.2, 0) is 4.79 Å². The smallest absolute Gasteiger partial charge is 0.261 e. The van der Waals surface area contributed by atoms with E-state index in [0.717, 1.165) is 17.1 Å². The molecule has 5 nitrogen and oxygen atoms in total. The topological polar surface area (TPSA) is 56.8 Å². The van der Waals surface area contributed by atoms with Gasteiger partial charge in [-0.05, 0) is 63.2 Å². The van der Waals surface area contributed by atoms with Crippen LogP contribution in [0.2, 0.25) is 5.02 Å². The van der Waals surface area contributed by atoms with Crippen molar-refractivity contribution in [2.45, 2.75) is 44.9 Å². The zero-order chi connectivity index (χ0) is 19.6. The molecule has 6 heteroatoms. The molecule has 0 saturated carbocycles. The van der Waals surface area contributed by atoms with E-state index in [9.17, 15) is 4.79 Å². The lowest BCUT2D eigenvalue weighted by atomic mass is 9.89. The monoisotopic (exact) mass is 389 g/mol. The second-order valence-corrected chi connectivity index (χ2v) is 7.68. The van der Waals surface area contributed by atoms with Gasteiger partial charge in [-0.1, -0.05) is 11.6 Å². The molecule has 1 aliphatic rings. The zero-order valence-corrected chi connectivity index (χ0v) is 16.7. The molecule has 1 heterocycles. The number of halogens is 1. The Morgan fingerprint density at radius 1 is 1.22 bits per heavy atom. The van der Waals surface area contributed by atoms with Gasteiger partial charge in [0.05, 0.1) is 13.2 Å². The van der Waals surface area contributed by atoms with E-state index in [4.69, 9.17) is 25.8 Å². The summed E-state index contributed by atoms with van der Waals surface area (Å²) in [5, 5.41) is 3.71. The molecule has 2 atom stereocenters. The van der Waals surface area contributed by atoms with E-state index in [1.807, 2.05) is 32.0 Å². The van der Waals surface area contributed by atoms with Crippen LogP contribution in [0, 0.1) is 0 Å². The molecule has 0 fully saturated rings. The molecule has 0 bridgehead atoms. The minimum Gasteiger partial charge on any atom is -0.497 e. The molecule has 1 aliphatic heterocycles. The lowest BCUT2D eigenvalue weighted by molar-refractivity contribution is -0.128. The van der Waals surface area contributed by atoms with Crippen LogP contribution < -0.4 is 19.5 Å². The molecule has 2 aromatic rings. The summed E-state index contributed by atoms with van der Waals surface area (Å²) >= 11 is 5.88. The zero-order valence-electron chi connectivity index (χ0n) is 15.9. The van der Waals surface area contributed by atoms with Crippen LogP contribution in [0.5, 0.6) is 17.2 Å². The van der Waals surface area contributed by atoms with Crippen molar-refractivity contribution >= 4 is 17.5 Å². The summed E-state index contributed by atoms with van der Waals surface area (Å²) < 4.78 is 17.1. The molecule has 2 aromatic carbocycles. The highest BCUT2D eigenvalue weighted by Crippen LogP contribution is 2.41. The third kappa shape index (κ3) is 4.66. The number of rotatable bonds is 5. The lowest BCUT2D eigenvalue weighted by Crippen LogP contribution is -2.44. The first-order valence-corrected chi connectivity index (χ1v) is 9.25. The number of ether oxygens (including phenoxy) is 3. The Morgan fingerprint density at radius 3 is 2.56 bits per heavy atom. The summed E-state index contributed by atoms with van der Waals surface area (Å²) in [5.41, 5.74) is 0.514. The van der Waals surface area contributed by atoms with E-state index >= 15 is 0 Å². The third-order valence-electron chi connectivity index (χ3n) is 4.49. The summed E-state index contributed by atoms with van der Waals surface area (Å²) in [6.45, 7) is 5.74. The van der Waals surface area contributed by atoms with Crippen molar-refractivity contribution in [1.82, 2.24) is 5.32 Å². The maximum Gasteiger partial charge on any atom is 0.261 e. The molecular formula is C21H24ClNO4. The maximum absolute atomic E-state index is 12.7. The van der Waals surface area contributed by atoms with Crippen molar-refractivity contribution < 1.29 is 19.0 Å². The molecule has 3 rings (SSSR count). The average Bonchev–Trinajstić information content (AvgIpc) is 2.62. The number of carbonyl (C=O) groups excluding carboxylic acids is 1. The quantitative estimate of drug-likeness (QED) is 0.815. The Morgan fingerprint density at radius 2 is 1.89 bits per heavy atom. The molecule has 0 unspecified atom stereocenters. The molecule has 1 N–H and O–H groups in total. The minimum atomic E-state index is -0.647. The van der Waals surface area contributed by atoms with Gasteiger partial charge in [0.15, 0.2) is 6.10 Å². The van der Waals surface area contributed by atoms with Gasteiger partial charge in [0.2, 0.25) is 0 Å². The van der Waals surface area contributed by atoms with Crippen molar-refractivity contribution in [3.8, 4) is 17.2 Å². The first-order valence-electron chi connectivity index (χ1n) is 8.87. The number of carbonyl (C=O) groups is 1. The van der Waals surface area contributed by atoms with Crippen LogP contribution in [-0.4, -0.2) is 24.7 Å². The van der Waals surface area contributed by atoms with Crippen molar-refractivity contribution in [2.24, 2.45) is 0 Å². The molecule has 0 spiro atoms. The SMILES string of the molecule is COc1ccc2c(c1)[C@H](NC(=O)[C@H](C)Oc1ccc(Cl)cc1)CC(C)(C)O2. The normalized spacial score (nSPS) is 18.6. The minimum absolute atomic E-state index is 0.192. The molecule has 27 heavy (non-hydrogen) atoms. The fourth-order valence-electron chi connectivity index (χ4n) is 3.15. The molecule has 0 aliphatic carbocycles. The predicted molar refractivity (Wildman–Crippen MR) is 105 cm³/mol. The van der Waals surface area contributed by atoms with E-state index in [1.54, 1.807) is 38.3 Å². The van der Waals surface area contributed by atoms with Gasteiger partial charge in [-0.15, -0.1) is 0 Å². The highest BCUT2D eigenvalue weighted by atomic mass is 35.5. The van der Waals surface area contributed by atoms with E-state index in [1.165, 1.54) is 0 Å². The summed E-state index contributed by atoms with van der Waals surface area (Å²) in [6.07, 6.45) is -0.00164. The Balaban J connectivity index is 1.75. The second-order valence-electron chi connectivity index (χ2n) is 7.24. The molecule has 1 amide bonds. The second kappa shape index (κ2) is 7.69. The van der Waals surface area contributed by atoms with Gasteiger partial charge in [0.1, 0.15) is 22.8 Å². The number of nitrogens with one attached hydrogen (secondary N) is 1. The van der Waals surface area contributed by atoms with Crippen molar-refractivity contribution in [1.29, 1.82) is 0 Å². The van der Waals surface area contributed by atoms with E-state index in [2.05, 4.69) is 5.32 Å². The fraction of sp³-hybridized carbons (Fsp3) is 0.381. The summed E-state index contributed by atoms with van der Waals surface area (Å²) in [5.74, 6) is 1.88. The fourth-order valence-corrected chi connectivity index (χ4v) is 3.27. The largest absolute Gasteiger partial charge is 0.497 e. The van der Waals surface area contributed by atoms with Gasteiger partial charge in [-0.2, -0.15) is 0 Å². The summed E-state index contributed by atoms with van der Waals surface area (Å²) in [6, 6.07) is 12.4. The van der Waals surface area contributed by atoms with Crippen LogP contribution in [0.4, 0.5) is 0 Å². The first-order chi connectivity index (χ1) is 12.8. The highest BCUT2D eigenvalue weighted by Gasteiger charge is 2.35. The van der Waals surface area contributed by atoms with Gasteiger partial charge in [-0.25, -0.2) is 0 Å². The average molecular weight is 390 g/mol. The number of methoxy groups -OCH3 is 1. The Labute approximate surface area is 164 Å². The van der Waals surface area contributed by atoms with Crippen LogP contribution in [0.15, 0.2) is 42.5 Å². The standard InChI is InChI=1S/C21H24ClNO4/c1-13(26-15-7-5-14(22)6-8-15)20(24)23-18-12-21(2,3)27-19-10-9-16(25-4)11-17(18)19/h5-11,13,18H,12H2,1-4H3,(H,23,24)/t13-,18+/m0/s1. The third-order valence-corrected chi connectivity index (χ3v) is 4.74. The summed E-state index contributed by atoms with van der Waals surface area (Å²) in [4.78, 5) is 12.7. The first kappa shape index (κ1) is 19.4. The molecular weight excluding hydrogens is 366 g/mol. The Bertz CT molecular complexity index is 819. The maximum atomic E-state index is 12.7. The number of hydrogen-bond acceptors (Lipinski definition) is 4. The van der Waals surface area contributed by atoms with Crippen molar-refractivity contribution in [3.05, 3.63) is 53.1 Å². The van der Waals surface area contributed by atoms with E-state index in [-0.39, 0.29) is 17.6 Å². The van der Waals surface area contributed by atoms with Gasteiger partial charge in [0, 0.05) is 17.0 Å². The number of amides is 1. The number of fused-ring (bicyclic) bond motifs is 1. The molecule has 144 valence electrons. The highest BCUT2D eigenvalue weighted by molar-refractivity contribution is 6.30. The van der Waals surface area contributed by atoms with Crippen molar-refractivity contribution in [2.75, 3.05) is 7.11 Å². The predicted octanol–water partition coefficient (Wildman–Crippen LogP) is 4.53. The molecule has 0 saturated heterocycles. The van der Waals surface area contributed by atoms with Gasteiger partial charge < -0.3 is 19.5 Å². The Kier molecular flexibility index (Phi) is 5.51. The number of benzene rings is 2. The van der Waals surface area contributed by atoms with Crippen LogP contribution in [0.1, 0.15) is 38.8 Å². The van der Waals surface area contributed by atoms with Crippen LogP contribution >= 0.6 is 11.6 Å². The van der Waals surface area contributed by atoms with Gasteiger partial charge >= 0.3 is 0 Å². The van der Waals surface area contributed by atoms with Gasteiger partial charge in [-0.3, -0.25) is 4.79 Å². The Hall–Kier alpha value is -2.40. The summed E-state index contributed by atoms with van der Waals surface area (Å²) in [7, 11) is 1.62. The molecule has 0 radical (unpaired) electrons. The van der Waals surface area contributed by atoms with E-state index in [0.29, 0.717) is 17.2 Å². The van der Waals surface area contributed by atoms with E-state index < -0.39 is 6.10 Å². The van der Waals surface area contributed by atoms with Gasteiger partial charge in [0.25, 0.3) is 5.91 Å². The number of hydrogen-bond donors (Lipinski definition) is 1. The lowest BCUT2D eigenvalue weighted by Gasteiger charge is -2.38. The van der Waals surface area contributed by atoms with Crippen molar-refractivity contribution in [3.63, 3.8) is 0 Å².